The van der Waals surface area contributed by atoms with Gasteiger partial charge in [0.25, 0.3) is 0 Å². The third kappa shape index (κ3) is 7.98. The van der Waals surface area contributed by atoms with Crippen LogP contribution in [0.1, 0.15) is 124 Å². The summed E-state index contributed by atoms with van der Waals surface area (Å²) in [5.41, 5.74) is 4.83. The number of nitrogens with zero attached hydrogens (tertiary/aromatic N) is 1. The molecule has 0 bridgehead atoms. The van der Waals surface area contributed by atoms with Gasteiger partial charge in [-0.25, -0.2) is 0 Å². The zero-order chi connectivity index (χ0) is 32.9. The highest BCUT2D eigenvalue weighted by Crippen LogP contribution is 2.67. The molecule has 0 aliphatic heterocycles. The SMILES string of the molecule is CC(C)CCC[C@@H](C)[C@H]1CC[C@H]2[C@@H]3CC=C4CC(OC(=O)CCCc5ccc(N(CCCl)CCCl)cc5)CC[C@]4(C)[C@H]3CC[C@]12C. The van der Waals surface area contributed by atoms with E-state index in [4.69, 9.17) is 27.9 Å². The molecule has 0 heterocycles. The number of hydrogen-bond donors (Lipinski definition) is 0. The minimum absolute atomic E-state index is 0.0251. The van der Waals surface area contributed by atoms with Crippen molar-refractivity contribution < 1.29 is 9.53 Å². The number of rotatable bonds is 15. The summed E-state index contributed by atoms with van der Waals surface area (Å²) in [4.78, 5) is 15.1. The first-order valence-corrected chi connectivity index (χ1v) is 20.0. The fourth-order valence-corrected chi connectivity index (χ4v) is 11.3. The zero-order valence-corrected chi connectivity index (χ0v) is 31.2. The Morgan fingerprint density at radius 1 is 0.935 bits per heavy atom. The molecular formula is C41H63Cl2NO2. The van der Waals surface area contributed by atoms with Crippen molar-refractivity contribution in [2.75, 3.05) is 29.7 Å². The number of allylic oxidation sites excluding steroid dienone is 1. The molecule has 3 fully saturated rings. The molecule has 4 aliphatic rings. The first kappa shape index (κ1) is 36.1. The van der Waals surface area contributed by atoms with Gasteiger partial charge in [-0.2, -0.15) is 0 Å². The molecule has 0 aromatic heterocycles. The Labute approximate surface area is 291 Å². The molecule has 46 heavy (non-hydrogen) atoms. The van der Waals surface area contributed by atoms with Crippen molar-refractivity contribution in [3.63, 3.8) is 0 Å². The largest absolute Gasteiger partial charge is 0.462 e. The number of halogens is 2. The Kier molecular flexibility index (Phi) is 12.6. The van der Waals surface area contributed by atoms with Gasteiger partial charge in [0.05, 0.1) is 0 Å². The second-order valence-corrected chi connectivity index (χ2v) is 17.3. The van der Waals surface area contributed by atoms with Crippen LogP contribution in [0, 0.1) is 46.3 Å². The van der Waals surface area contributed by atoms with Gasteiger partial charge in [0.2, 0.25) is 0 Å². The van der Waals surface area contributed by atoms with Gasteiger partial charge in [0.1, 0.15) is 6.10 Å². The van der Waals surface area contributed by atoms with Crippen molar-refractivity contribution in [1.29, 1.82) is 0 Å². The van der Waals surface area contributed by atoms with Crippen molar-refractivity contribution in [3.05, 3.63) is 41.5 Å². The van der Waals surface area contributed by atoms with Gasteiger partial charge < -0.3 is 9.64 Å². The maximum absolute atomic E-state index is 12.9. The molecule has 0 spiro atoms. The molecule has 5 heteroatoms. The van der Waals surface area contributed by atoms with Gasteiger partial charge in [-0.15, -0.1) is 23.2 Å². The van der Waals surface area contributed by atoms with Crippen LogP contribution in [-0.4, -0.2) is 36.9 Å². The van der Waals surface area contributed by atoms with Crippen LogP contribution < -0.4 is 4.90 Å². The average molecular weight is 673 g/mol. The summed E-state index contributed by atoms with van der Waals surface area (Å²) in [6, 6.07) is 8.60. The molecule has 3 nitrogen and oxygen atoms in total. The summed E-state index contributed by atoms with van der Waals surface area (Å²) in [7, 11) is 0. The predicted octanol–water partition coefficient (Wildman–Crippen LogP) is 11.2. The summed E-state index contributed by atoms with van der Waals surface area (Å²) in [6.07, 6.45) is 19.2. The number of fused-ring (bicyclic) bond motifs is 5. The molecule has 8 atom stereocenters. The van der Waals surface area contributed by atoms with Gasteiger partial charge >= 0.3 is 5.97 Å². The average Bonchev–Trinajstić information content (AvgIpc) is 3.38. The van der Waals surface area contributed by atoms with E-state index in [1.165, 1.54) is 63.4 Å². The number of carbonyl (C=O) groups excluding carboxylic acids is 1. The number of anilines is 1. The van der Waals surface area contributed by atoms with Gasteiger partial charge in [-0.3, -0.25) is 4.79 Å². The summed E-state index contributed by atoms with van der Waals surface area (Å²) in [5, 5.41) is 0. The van der Waals surface area contributed by atoms with Gasteiger partial charge in [0.15, 0.2) is 0 Å². The molecule has 0 radical (unpaired) electrons. The lowest BCUT2D eigenvalue weighted by Gasteiger charge is -2.58. The summed E-state index contributed by atoms with van der Waals surface area (Å²) in [6.45, 7) is 14.2. The minimum Gasteiger partial charge on any atom is -0.462 e. The normalized spacial score (nSPS) is 32.7. The summed E-state index contributed by atoms with van der Waals surface area (Å²) < 4.78 is 6.12. The Morgan fingerprint density at radius 2 is 1.67 bits per heavy atom. The number of hydrogen-bond acceptors (Lipinski definition) is 3. The molecule has 1 unspecified atom stereocenters. The Balaban J connectivity index is 1.10. The summed E-state index contributed by atoms with van der Waals surface area (Å²) in [5.74, 6) is 6.27. The number of esters is 1. The van der Waals surface area contributed by atoms with Crippen LogP contribution in [0.5, 0.6) is 0 Å². The maximum Gasteiger partial charge on any atom is 0.306 e. The smallest absolute Gasteiger partial charge is 0.306 e. The number of alkyl halides is 2. The minimum atomic E-state index is -0.0251. The highest BCUT2D eigenvalue weighted by Gasteiger charge is 2.59. The lowest BCUT2D eigenvalue weighted by Crippen LogP contribution is -2.51. The van der Waals surface area contributed by atoms with Gasteiger partial charge in [-0.05, 0) is 122 Å². The van der Waals surface area contributed by atoms with Crippen molar-refractivity contribution >= 4 is 34.9 Å². The number of ether oxygens (including phenoxy) is 1. The van der Waals surface area contributed by atoms with Crippen molar-refractivity contribution in [1.82, 2.24) is 0 Å². The van der Waals surface area contributed by atoms with Gasteiger partial charge in [0, 0.05) is 43.4 Å². The zero-order valence-electron chi connectivity index (χ0n) is 29.7. The van der Waals surface area contributed by atoms with Crippen LogP contribution in [0.15, 0.2) is 35.9 Å². The molecule has 3 saturated carbocycles. The Hall–Kier alpha value is -1.19. The fraction of sp³-hybridized carbons (Fsp3) is 0.780. The van der Waals surface area contributed by atoms with Gasteiger partial charge in [-0.1, -0.05) is 77.7 Å². The number of carbonyl (C=O) groups is 1. The molecule has 1 aromatic carbocycles. The van der Waals surface area contributed by atoms with Crippen LogP contribution in [0.2, 0.25) is 0 Å². The van der Waals surface area contributed by atoms with Crippen LogP contribution in [0.25, 0.3) is 0 Å². The topological polar surface area (TPSA) is 29.5 Å². The van der Waals surface area contributed by atoms with E-state index < -0.39 is 0 Å². The van der Waals surface area contributed by atoms with E-state index in [0.29, 0.717) is 29.0 Å². The van der Waals surface area contributed by atoms with E-state index in [-0.39, 0.29) is 12.1 Å². The first-order chi connectivity index (χ1) is 22.1. The van der Waals surface area contributed by atoms with Crippen LogP contribution in [0.4, 0.5) is 5.69 Å². The van der Waals surface area contributed by atoms with E-state index in [2.05, 4.69) is 69.9 Å². The highest BCUT2D eigenvalue weighted by atomic mass is 35.5. The molecule has 5 rings (SSSR count). The van der Waals surface area contributed by atoms with E-state index >= 15 is 0 Å². The molecule has 1 aromatic rings. The van der Waals surface area contributed by atoms with Crippen LogP contribution >= 0.6 is 23.2 Å². The molecule has 0 amide bonds. The molecular weight excluding hydrogens is 609 g/mol. The second kappa shape index (κ2) is 16.0. The lowest BCUT2D eigenvalue weighted by molar-refractivity contribution is -0.151. The standard InChI is InChI=1S/C41H63Cl2NO2/c1-29(2)8-6-9-30(3)36-18-19-37-35-17-14-32-28-34(20-22-40(32,4)38(35)21-23-41(36,37)5)46-39(45)11-7-10-31-12-15-33(16-13-31)44(26-24-42)27-25-43/h12-16,29-30,34-38H,6-11,17-28H2,1-5H3/t30-,34?,35+,36-,37+,38+,40+,41-/m1/s1. The quantitative estimate of drug-likeness (QED) is 0.106. The van der Waals surface area contributed by atoms with E-state index in [1.54, 1.807) is 5.57 Å². The fourth-order valence-electron chi connectivity index (χ4n) is 10.9. The van der Waals surface area contributed by atoms with Crippen molar-refractivity contribution in [2.45, 2.75) is 131 Å². The van der Waals surface area contributed by atoms with Crippen molar-refractivity contribution in [3.8, 4) is 0 Å². The van der Waals surface area contributed by atoms with E-state index in [1.807, 2.05) is 0 Å². The maximum atomic E-state index is 12.9. The highest BCUT2D eigenvalue weighted by molar-refractivity contribution is 6.18. The van der Waals surface area contributed by atoms with Crippen LogP contribution in [0.3, 0.4) is 0 Å². The third-order valence-electron chi connectivity index (χ3n) is 13.4. The molecule has 0 N–H and O–H groups in total. The third-order valence-corrected chi connectivity index (χ3v) is 13.8. The lowest BCUT2D eigenvalue weighted by atomic mass is 9.47. The molecule has 4 aliphatic carbocycles. The predicted molar refractivity (Wildman–Crippen MR) is 196 cm³/mol. The van der Waals surface area contributed by atoms with E-state index in [9.17, 15) is 4.79 Å². The number of aryl methyl sites for hydroxylation is 1. The van der Waals surface area contributed by atoms with Crippen molar-refractivity contribution in [2.24, 2.45) is 46.3 Å². The number of benzene rings is 1. The second-order valence-electron chi connectivity index (χ2n) is 16.5. The summed E-state index contributed by atoms with van der Waals surface area (Å²) >= 11 is 11.9. The Bertz CT molecular complexity index is 1160. The Morgan fingerprint density at radius 3 is 2.37 bits per heavy atom. The monoisotopic (exact) mass is 671 g/mol. The molecule has 258 valence electrons. The van der Waals surface area contributed by atoms with E-state index in [0.717, 1.165) is 80.0 Å². The van der Waals surface area contributed by atoms with Crippen LogP contribution in [-0.2, 0) is 16.0 Å². The first-order valence-electron chi connectivity index (χ1n) is 18.9. The molecule has 0 saturated heterocycles.